The number of aromatic nitrogens is 5. The van der Waals surface area contributed by atoms with Gasteiger partial charge in [0.05, 0.1) is 18.4 Å². The third-order valence-electron chi connectivity index (χ3n) is 4.26. The summed E-state index contributed by atoms with van der Waals surface area (Å²) in [6.45, 7) is 2.34. The van der Waals surface area contributed by atoms with Gasteiger partial charge in [0, 0.05) is 62.0 Å². The van der Waals surface area contributed by atoms with E-state index < -0.39 is 0 Å². The molecule has 8 nitrogen and oxygen atoms in total. The molecule has 0 spiro atoms. The number of anilines is 1. The Labute approximate surface area is 151 Å². The minimum Gasteiger partial charge on any atom is -0.470 e. The second-order valence-electron chi connectivity index (χ2n) is 6.25. The van der Waals surface area contributed by atoms with Crippen molar-refractivity contribution in [2.45, 2.75) is 12.5 Å². The van der Waals surface area contributed by atoms with Gasteiger partial charge in [0.15, 0.2) is 0 Å². The summed E-state index contributed by atoms with van der Waals surface area (Å²) < 4.78 is 7.78. The molecule has 3 aromatic heterocycles. The van der Waals surface area contributed by atoms with Gasteiger partial charge in [-0.05, 0) is 12.1 Å². The number of nitrogens with one attached hydrogen (secondary N) is 2. The Morgan fingerprint density at radius 2 is 2.27 bits per heavy atom. The number of ether oxygens (including phenoxy) is 1. The summed E-state index contributed by atoms with van der Waals surface area (Å²) in [4.78, 5) is 12.6. The van der Waals surface area contributed by atoms with E-state index in [1.165, 1.54) is 0 Å². The topological polar surface area (TPSA) is 89.8 Å². The van der Waals surface area contributed by atoms with E-state index in [1.807, 2.05) is 31.7 Å². The van der Waals surface area contributed by atoms with E-state index in [4.69, 9.17) is 4.74 Å². The van der Waals surface area contributed by atoms with Crippen LogP contribution in [0.1, 0.15) is 5.69 Å². The van der Waals surface area contributed by atoms with Crippen LogP contribution in [-0.4, -0.2) is 50.5 Å². The normalized spacial score (nSPS) is 15.8. The van der Waals surface area contributed by atoms with Crippen molar-refractivity contribution < 1.29 is 4.74 Å². The zero-order chi connectivity index (χ0) is 17.8. The fourth-order valence-corrected chi connectivity index (χ4v) is 2.88. The molecule has 8 heteroatoms. The predicted octanol–water partition coefficient (Wildman–Crippen LogP) is 1.28. The van der Waals surface area contributed by atoms with E-state index in [0.29, 0.717) is 5.88 Å². The lowest BCUT2D eigenvalue weighted by Crippen LogP contribution is -2.40. The van der Waals surface area contributed by atoms with Crippen LogP contribution in [0.5, 0.6) is 5.88 Å². The maximum Gasteiger partial charge on any atom is 0.237 e. The Bertz CT molecular complexity index is 865. The van der Waals surface area contributed by atoms with Crippen molar-refractivity contribution in [1.82, 2.24) is 30.0 Å². The van der Waals surface area contributed by atoms with Crippen LogP contribution < -0.4 is 15.4 Å². The third kappa shape index (κ3) is 3.80. The minimum atomic E-state index is 0.0460. The standard InChI is InChI=1S/C18H21N7O/c1-25-11-14(8-24-25)13-6-17-18(22-7-13)26-16(10-21-17)9-19-4-2-15-3-5-20-12-23-15/h3,5-8,11-12,16,19,21H,2,4,9-10H2,1H3. The number of hydrogen-bond acceptors (Lipinski definition) is 7. The summed E-state index contributed by atoms with van der Waals surface area (Å²) >= 11 is 0. The van der Waals surface area contributed by atoms with Gasteiger partial charge in [0.1, 0.15) is 12.4 Å². The largest absolute Gasteiger partial charge is 0.470 e. The van der Waals surface area contributed by atoms with E-state index in [0.717, 1.165) is 48.6 Å². The second-order valence-corrected chi connectivity index (χ2v) is 6.25. The smallest absolute Gasteiger partial charge is 0.237 e. The fraction of sp³-hybridized carbons (Fsp3) is 0.333. The van der Waals surface area contributed by atoms with Crippen LogP contribution >= 0.6 is 0 Å². The number of rotatable bonds is 6. The first-order chi connectivity index (χ1) is 12.8. The maximum atomic E-state index is 6.00. The molecule has 0 aliphatic carbocycles. The molecule has 1 atom stereocenters. The van der Waals surface area contributed by atoms with Crippen LogP contribution in [-0.2, 0) is 13.5 Å². The molecule has 134 valence electrons. The molecule has 4 heterocycles. The van der Waals surface area contributed by atoms with Gasteiger partial charge in [-0.25, -0.2) is 15.0 Å². The fourth-order valence-electron chi connectivity index (χ4n) is 2.88. The molecule has 1 unspecified atom stereocenters. The molecule has 0 saturated carbocycles. The van der Waals surface area contributed by atoms with Gasteiger partial charge in [-0.2, -0.15) is 5.10 Å². The number of hydrogen-bond donors (Lipinski definition) is 2. The summed E-state index contributed by atoms with van der Waals surface area (Å²) in [6.07, 6.45) is 9.87. The molecule has 3 aromatic rings. The van der Waals surface area contributed by atoms with Crippen molar-refractivity contribution in [2.75, 3.05) is 25.0 Å². The highest BCUT2D eigenvalue weighted by Crippen LogP contribution is 2.30. The van der Waals surface area contributed by atoms with Crippen molar-refractivity contribution >= 4 is 5.69 Å². The molecule has 0 aromatic carbocycles. The van der Waals surface area contributed by atoms with Gasteiger partial charge in [-0.1, -0.05) is 0 Å². The highest BCUT2D eigenvalue weighted by atomic mass is 16.5. The van der Waals surface area contributed by atoms with E-state index in [-0.39, 0.29) is 6.10 Å². The van der Waals surface area contributed by atoms with E-state index in [1.54, 1.807) is 17.2 Å². The number of pyridine rings is 1. The molecule has 26 heavy (non-hydrogen) atoms. The van der Waals surface area contributed by atoms with Crippen LogP contribution in [0, 0.1) is 0 Å². The Hall–Kier alpha value is -3.00. The summed E-state index contributed by atoms with van der Waals surface area (Å²) in [7, 11) is 1.90. The van der Waals surface area contributed by atoms with Gasteiger partial charge < -0.3 is 15.4 Å². The Kier molecular flexibility index (Phi) is 4.74. The van der Waals surface area contributed by atoms with Crippen molar-refractivity contribution in [3.05, 3.63) is 48.9 Å². The minimum absolute atomic E-state index is 0.0460. The Morgan fingerprint density at radius 3 is 3.08 bits per heavy atom. The number of fused-ring (bicyclic) bond motifs is 1. The molecule has 0 fully saturated rings. The lowest BCUT2D eigenvalue weighted by molar-refractivity contribution is 0.194. The highest BCUT2D eigenvalue weighted by Gasteiger charge is 2.20. The lowest BCUT2D eigenvalue weighted by Gasteiger charge is -2.27. The van der Waals surface area contributed by atoms with Crippen molar-refractivity contribution in [1.29, 1.82) is 0 Å². The summed E-state index contributed by atoms with van der Waals surface area (Å²) in [6, 6.07) is 3.98. The second kappa shape index (κ2) is 7.49. The zero-order valence-electron chi connectivity index (χ0n) is 14.6. The Morgan fingerprint density at radius 1 is 1.31 bits per heavy atom. The first-order valence-electron chi connectivity index (χ1n) is 8.63. The monoisotopic (exact) mass is 351 g/mol. The highest BCUT2D eigenvalue weighted by molar-refractivity contribution is 5.69. The third-order valence-corrected chi connectivity index (χ3v) is 4.26. The molecule has 1 aliphatic heterocycles. The first kappa shape index (κ1) is 16.5. The maximum absolute atomic E-state index is 6.00. The average molecular weight is 351 g/mol. The molecule has 0 amide bonds. The number of aryl methyl sites for hydroxylation is 1. The van der Waals surface area contributed by atoms with Gasteiger partial charge >= 0.3 is 0 Å². The summed E-state index contributed by atoms with van der Waals surface area (Å²) in [5.41, 5.74) is 4.02. The van der Waals surface area contributed by atoms with Crippen LogP contribution in [0.3, 0.4) is 0 Å². The SMILES string of the molecule is Cn1cc(-c2cnc3c(c2)NCC(CNCCc2ccncn2)O3)cn1. The molecule has 2 N–H and O–H groups in total. The van der Waals surface area contributed by atoms with Crippen LogP contribution in [0.25, 0.3) is 11.1 Å². The summed E-state index contributed by atoms with van der Waals surface area (Å²) in [5.74, 6) is 0.645. The van der Waals surface area contributed by atoms with E-state index in [9.17, 15) is 0 Å². The molecule has 1 aliphatic rings. The quantitative estimate of drug-likeness (QED) is 0.647. The van der Waals surface area contributed by atoms with Gasteiger partial charge in [-0.3, -0.25) is 4.68 Å². The molecule has 0 saturated heterocycles. The van der Waals surface area contributed by atoms with Crippen molar-refractivity contribution in [3.63, 3.8) is 0 Å². The molecule has 0 bridgehead atoms. The summed E-state index contributed by atoms with van der Waals surface area (Å²) in [5, 5.41) is 11.0. The number of nitrogens with zero attached hydrogens (tertiary/aromatic N) is 5. The van der Waals surface area contributed by atoms with Crippen LogP contribution in [0.15, 0.2) is 43.2 Å². The van der Waals surface area contributed by atoms with Crippen molar-refractivity contribution in [3.8, 4) is 17.0 Å². The lowest BCUT2D eigenvalue weighted by atomic mass is 10.1. The zero-order valence-corrected chi connectivity index (χ0v) is 14.6. The van der Waals surface area contributed by atoms with Crippen LogP contribution in [0.2, 0.25) is 0 Å². The van der Waals surface area contributed by atoms with Crippen LogP contribution in [0.4, 0.5) is 5.69 Å². The predicted molar refractivity (Wildman–Crippen MR) is 98.0 cm³/mol. The molecule has 0 radical (unpaired) electrons. The average Bonchev–Trinajstić information content (AvgIpc) is 3.12. The Balaban J connectivity index is 1.30. The van der Waals surface area contributed by atoms with E-state index >= 15 is 0 Å². The molecule has 4 rings (SSSR count). The van der Waals surface area contributed by atoms with Crippen molar-refractivity contribution in [2.24, 2.45) is 7.05 Å². The van der Waals surface area contributed by atoms with Gasteiger partial charge in [0.25, 0.3) is 0 Å². The van der Waals surface area contributed by atoms with E-state index in [2.05, 4.69) is 36.8 Å². The molecular formula is C18H21N7O. The first-order valence-corrected chi connectivity index (χ1v) is 8.63. The molecular weight excluding hydrogens is 330 g/mol. The van der Waals surface area contributed by atoms with Gasteiger partial charge in [0.2, 0.25) is 5.88 Å². The van der Waals surface area contributed by atoms with Gasteiger partial charge in [-0.15, -0.1) is 0 Å².